The fourth-order valence-corrected chi connectivity index (χ4v) is 6.51. The van der Waals surface area contributed by atoms with Crippen molar-refractivity contribution in [1.29, 1.82) is 0 Å². The van der Waals surface area contributed by atoms with E-state index in [1.54, 1.807) is 23.1 Å². The van der Waals surface area contributed by atoms with Gasteiger partial charge in [-0.1, -0.05) is 48.2 Å². The highest BCUT2D eigenvalue weighted by molar-refractivity contribution is 8.13. The molecule has 1 fully saturated rings. The van der Waals surface area contributed by atoms with Gasteiger partial charge < -0.3 is 4.90 Å². The average molecular weight is 391 g/mol. The minimum absolute atomic E-state index is 0.0178. The first-order chi connectivity index (χ1) is 12.4. The van der Waals surface area contributed by atoms with E-state index in [0.717, 1.165) is 0 Å². The molecule has 4 rings (SSSR count). The van der Waals surface area contributed by atoms with Gasteiger partial charge in [-0.05, 0) is 30.2 Å². The second kappa shape index (κ2) is 6.70. The van der Waals surface area contributed by atoms with Gasteiger partial charge in [0.1, 0.15) is 5.82 Å². The Morgan fingerprint density at radius 2 is 1.88 bits per heavy atom. The number of para-hydroxylation sites is 1. The van der Waals surface area contributed by atoms with E-state index in [0.29, 0.717) is 16.6 Å². The second-order valence-electron chi connectivity index (χ2n) is 6.66. The Kier molecular flexibility index (Phi) is 4.52. The van der Waals surface area contributed by atoms with E-state index in [1.165, 1.54) is 29.0 Å². The lowest BCUT2D eigenvalue weighted by Gasteiger charge is -2.26. The van der Waals surface area contributed by atoms with Crippen molar-refractivity contribution in [3.63, 3.8) is 0 Å². The summed E-state index contributed by atoms with van der Waals surface area (Å²) in [5, 5.41) is 0.697. The fraction of sp³-hybridized carbons (Fsp3) is 0.316. The van der Waals surface area contributed by atoms with Gasteiger partial charge in [-0.2, -0.15) is 0 Å². The summed E-state index contributed by atoms with van der Waals surface area (Å²) in [6.07, 6.45) is 0. The number of hydrogen-bond donors (Lipinski definition) is 0. The van der Waals surface area contributed by atoms with Crippen molar-refractivity contribution in [2.45, 2.75) is 24.8 Å². The summed E-state index contributed by atoms with van der Waals surface area (Å²) in [5.74, 6) is 0.408. The van der Waals surface area contributed by atoms with Gasteiger partial charge in [-0.15, -0.1) is 0 Å². The van der Waals surface area contributed by atoms with Gasteiger partial charge in [0.05, 0.1) is 29.3 Å². The lowest BCUT2D eigenvalue weighted by atomic mass is 10.1. The lowest BCUT2D eigenvalue weighted by Crippen LogP contribution is -2.39. The molecule has 0 radical (unpaired) electrons. The van der Waals surface area contributed by atoms with Crippen molar-refractivity contribution in [3.05, 3.63) is 65.5 Å². The van der Waals surface area contributed by atoms with Crippen LogP contribution in [0, 0.1) is 12.7 Å². The molecule has 0 aromatic heterocycles. The van der Waals surface area contributed by atoms with E-state index in [9.17, 15) is 12.8 Å². The molecule has 2 aliphatic rings. The molecule has 7 heteroatoms. The lowest BCUT2D eigenvalue weighted by molar-refractivity contribution is 0.600. The predicted octanol–water partition coefficient (Wildman–Crippen LogP) is 3.41. The second-order valence-corrected chi connectivity index (χ2v) is 9.76. The van der Waals surface area contributed by atoms with E-state index in [2.05, 4.69) is 24.0 Å². The summed E-state index contributed by atoms with van der Waals surface area (Å²) >= 11 is 1.53. The number of anilines is 1. The van der Waals surface area contributed by atoms with Gasteiger partial charge in [-0.3, -0.25) is 4.99 Å². The first-order valence-corrected chi connectivity index (χ1v) is 11.2. The van der Waals surface area contributed by atoms with Crippen LogP contribution >= 0.6 is 11.8 Å². The van der Waals surface area contributed by atoms with Crippen LogP contribution in [-0.4, -0.2) is 37.2 Å². The van der Waals surface area contributed by atoms with E-state index in [1.807, 2.05) is 12.1 Å². The number of halogens is 1. The van der Waals surface area contributed by atoms with Crippen LogP contribution < -0.4 is 4.90 Å². The molecule has 2 aliphatic heterocycles. The molecule has 0 amide bonds. The van der Waals surface area contributed by atoms with Crippen LogP contribution in [0.15, 0.2) is 53.5 Å². The fourth-order valence-electron chi connectivity index (χ4n) is 3.48. The van der Waals surface area contributed by atoms with Gasteiger partial charge in [0, 0.05) is 5.75 Å². The van der Waals surface area contributed by atoms with Crippen molar-refractivity contribution in [1.82, 2.24) is 0 Å². The quantitative estimate of drug-likeness (QED) is 0.806. The Hall–Kier alpha value is -1.86. The number of sulfone groups is 1. The molecule has 4 nitrogen and oxygen atoms in total. The molecule has 0 saturated carbocycles. The first-order valence-electron chi connectivity index (χ1n) is 8.44. The maximum Gasteiger partial charge on any atom is 0.164 e. The number of amidine groups is 1. The van der Waals surface area contributed by atoms with Crippen molar-refractivity contribution < 1.29 is 12.8 Å². The van der Waals surface area contributed by atoms with Crippen LogP contribution in [0.25, 0.3) is 0 Å². The summed E-state index contributed by atoms with van der Waals surface area (Å²) in [5.41, 5.74) is 2.78. The number of rotatable bonds is 3. The van der Waals surface area contributed by atoms with Crippen LogP contribution in [0.1, 0.15) is 11.1 Å². The van der Waals surface area contributed by atoms with Gasteiger partial charge in [0.2, 0.25) is 0 Å². The third-order valence-electron chi connectivity index (χ3n) is 4.84. The molecular formula is C19H19FN2O2S2. The third-order valence-corrected chi connectivity index (χ3v) is 7.55. The SMILES string of the molecule is Cc1ccccc1CSC1=NC2CS(=O)(=O)CC2N1c1ccccc1F. The molecule has 0 N–H and O–H groups in total. The number of thioether (sulfide) groups is 1. The highest BCUT2D eigenvalue weighted by Crippen LogP contribution is 2.37. The Bertz CT molecular complexity index is 975. The van der Waals surface area contributed by atoms with Gasteiger partial charge in [0.25, 0.3) is 0 Å². The predicted molar refractivity (Wildman–Crippen MR) is 105 cm³/mol. The first kappa shape index (κ1) is 17.5. The van der Waals surface area contributed by atoms with Crippen LogP contribution in [0.5, 0.6) is 0 Å². The van der Waals surface area contributed by atoms with Crippen molar-refractivity contribution in [2.75, 3.05) is 16.4 Å². The summed E-state index contributed by atoms with van der Waals surface area (Å²) in [6.45, 7) is 2.06. The molecule has 1 saturated heterocycles. The monoisotopic (exact) mass is 390 g/mol. The summed E-state index contributed by atoms with van der Waals surface area (Å²) in [6, 6.07) is 14.0. The molecule has 2 heterocycles. The molecule has 2 aromatic rings. The Morgan fingerprint density at radius 3 is 2.65 bits per heavy atom. The number of nitrogens with zero attached hydrogens (tertiary/aromatic N) is 2. The van der Waals surface area contributed by atoms with Crippen molar-refractivity contribution in [2.24, 2.45) is 4.99 Å². The highest BCUT2D eigenvalue weighted by atomic mass is 32.2. The zero-order chi connectivity index (χ0) is 18.3. The number of fused-ring (bicyclic) bond motifs is 1. The zero-order valence-electron chi connectivity index (χ0n) is 14.3. The maximum atomic E-state index is 14.4. The number of aliphatic imine (C=N–C) groups is 1. The van der Waals surface area contributed by atoms with Gasteiger partial charge in [-0.25, -0.2) is 12.8 Å². The zero-order valence-corrected chi connectivity index (χ0v) is 15.9. The molecule has 136 valence electrons. The standard InChI is InChI=1S/C19H19FN2O2S2/c1-13-6-2-3-7-14(13)10-25-19-21-16-11-26(23,24)12-18(16)22(19)17-9-5-4-8-15(17)20/h2-9,16,18H,10-12H2,1H3. The molecule has 2 atom stereocenters. The van der Waals surface area contributed by atoms with Crippen LogP contribution in [0.3, 0.4) is 0 Å². The molecule has 0 bridgehead atoms. The number of aryl methyl sites for hydroxylation is 1. The van der Waals surface area contributed by atoms with E-state index < -0.39 is 9.84 Å². The Labute approximate surface area is 157 Å². The number of benzene rings is 2. The van der Waals surface area contributed by atoms with E-state index in [-0.39, 0.29) is 29.4 Å². The topological polar surface area (TPSA) is 49.7 Å². The summed E-state index contributed by atoms with van der Waals surface area (Å²) in [4.78, 5) is 6.43. The Morgan fingerprint density at radius 1 is 1.15 bits per heavy atom. The summed E-state index contributed by atoms with van der Waals surface area (Å²) in [7, 11) is -3.14. The minimum atomic E-state index is -3.14. The molecule has 2 aromatic carbocycles. The molecular weight excluding hydrogens is 371 g/mol. The largest absolute Gasteiger partial charge is 0.312 e. The maximum absolute atomic E-state index is 14.4. The van der Waals surface area contributed by atoms with Gasteiger partial charge >= 0.3 is 0 Å². The van der Waals surface area contributed by atoms with Crippen LogP contribution in [0.4, 0.5) is 10.1 Å². The normalized spacial score (nSPS) is 23.8. The molecule has 2 unspecified atom stereocenters. The van der Waals surface area contributed by atoms with E-state index >= 15 is 0 Å². The van der Waals surface area contributed by atoms with Crippen molar-refractivity contribution in [3.8, 4) is 0 Å². The van der Waals surface area contributed by atoms with Crippen LogP contribution in [0.2, 0.25) is 0 Å². The smallest absolute Gasteiger partial charge is 0.164 e. The molecule has 0 spiro atoms. The van der Waals surface area contributed by atoms with Crippen LogP contribution in [-0.2, 0) is 15.6 Å². The highest BCUT2D eigenvalue weighted by Gasteiger charge is 2.47. The summed E-state index contributed by atoms with van der Waals surface area (Å²) < 4.78 is 38.5. The third kappa shape index (κ3) is 3.25. The minimum Gasteiger partial charge on any atom is -0.312 e. The Balaban J connectivity index is 1.65. The molecule has 26 heavy (non-hydrogen) atoms. The number of hydrogen-bond acceptors (Lipinski definition) is 5. The van der Waals surface area contributed by atoms with E-state index in [4.69, 9.17) is 0 Å². The molecule has 0 aliphatic carbocycles. The average Bonchev–Trinajstić information content (AvgIpc) is 3.06. The van der Waals surface area contributed by atoms with Crippen molar-refractivity contribution >= 4 is 32.5 Å². The van der Waals surface area contributed by atoms with Gasteiger partial charge in [0.15, 0.2) is 15.0 Å².